The van der Waals surface area contributed by atoms with Crippen LogP contribution in [0.3, 0.4) is 0 Å². The number of hydrogen-bond donors (Lipinski definition) is 3. The van der Waals surface area contributed by atoms with Gasteiger partial charge in [-0.15, -0.1) is 0 Å². The van der Waals surface area contributed by atoms with Gasteiger partial charge >= 0.3 is 0 Å². The summed E-state index contributed by atoms with van der Waals surface area (Å²) in [7, 11) is 1.77. The van der Waals surface area contributed by atoms with Gasteiger partial charge in [0.1, 0.15) is 6.04 Å². The second-order valence-electron chi connectivity index (χ2n) is 6.23. The summed E-state index contributed by atoms with van der Waals surface area (Å²) in [5, 5.41) is 8.56. The number of aryl methyl sites for hydroxylation is 1. The Balaban J connectivity index is 2.79. The third-order valence-electron chi connectivity index (χ3n) is 2.93. The number of hydrogen-bond acceptors (Lipinski definition) is 3. The number of nitrogens with one attached hydrogen (secondary N) is 3. The number of benzene rings is 1. The zero-order valence-electron chi connectivity index (χ0n) is 13.6. The van der Waals surface area contributed by atoms with Gasteiger partial charge in [0.25, 0.3) is 5.91 Å². The third kappa shape index (κ3) is 5.10. The maximum Gasteiger partial charge on any atom is 0.254 e. The first-order valence-electron chi connectivity index (χ1n) is 7.05. The molecule has 5 heteroatoms. The molecule has 0 fully saturated rings. The number of carbonyl (C=O) groups excluding carboxylic acids is 2. The average Bonchev–Trinajstić information content (AvgIpc) is 2.36. The standard InChI is InChI=1S/C16H25N3O2/c1-10-7-8-12(13(9-10)17-6)15(21)18-11(2)14(20)19-16(3,4)5/h7-9,11,17H,1-6H3,(H,18,21)(H,19,20). The monoisotopic (exact) mass is 291 g/mol. The Bertz CT molecular complexity index is 533. The van der Waals surface area contributed by atoms with Gasteiger partial charge in [-0.1, -0.05) is 6.07 Å². The fraction of sp³-hybridized carbons (Fsp3) is 0.500. The fourth-order valence-electron chi connectivity index (χ4n) is 1.88. The van der Waals surface area contributed by atoms with E-state index < -0.39 is 6.04 Å². The van der Waals surface area contributed by atoms with E-state index in [1.165, 1.54) is 0 Å². The quantitative estimate of drug-likeness (QED) is 0.795. The first-order chi connectivity index (χ1) is 9.64. The Morgan fingerprint density at radius 1 is 1.19 bits per heavy atom. The number of anilines is 1. The van der Waals surface area contributed by atoms with Crippen LogP contribution in [0.15, 0.2) is 18.2 Å². The molecule has 2 amide bonds. The molecule has 0 aliphatic carbocycles. The zero-order valence-corrected chi connectivity index (χ0v) is 13.6. The maximum atomic E-state index is 12.3. The molecule has 0 bridgehead atoms. The summed E-state index contributed by atoms with van der Waals surface area (Å²) in [6, 6.07) is 4.93. The van der Waals surface area contributed by atoms with Gasteiger partial charge in [0.15, 0.2) is 0 Å². The number of amides is 2. The molecule has 1 atom stereocenters. The molecule has 0 saturated carbocycles. The summed E-state index contributed by atoms with van der Waals surface area (Å²) in [4.78, 5) is 24.3. The maximum absolute atomic E-state index is 12.3. The molecule has 0 saturated heterocycles. The minimum atomic E-state index is -0.595. The van der Waals surface area contributed by atoms with Gasteiger partial charge in [-0.3, -0.25) is 9.59 Å². The Hall–Kier alpha value is -2.04. The molecule has 1 rings (SSSR count). The van der Waals surface area contributed by atoms with E-state index in [1.807, 2.05) is 39.8 Å². The largest absolute Gasteiger partial charge is 0.387 e. The average molecular weight is 291 g/mol. The van der Waals surface area contributed by atoms with Crippen LogP contribution in [0.25, 0.3) is 0 Å². The molecular formula is C16H25N3O2. The Morgan fingerprint density at radius 3 is 2.33 bits per heavy atom. The molecule has 0 radical (unpaired) electrons. The van der Waals surface area contributed by atoms with Gasteiger partial charge in [-0.25, -0.2) is 0 Å². The lowest BCUT2D eigenvalue weighted by Gasteiger charge is -2.24. The highest BCUT2D eigenvalue weighted by molar-refractivity contribution is 6.01. The Labute approximate surface area is 126 Å². The molecule has 3 N–H and O–H groups in total. The van der Waals surface area contributed by atoms with Crippen LogP contribution in [-0.4, -0.2) is 30.4 Å². The van der Waals surface area contributed by atoms with Gasteiger partial charge in [-0.05, 0) is 52.3 Å². The SMILES string of the molecule is CNc1cc(C)ccc1C(=O)NC(C)C(=O)NC(C)(C)C. The van der Waals surface area contributed by atoms with Crippen molar-refractivity contribution in [3.8, 4) is 0 Å². The van der Waals surface area contributed by atoms with E-state index >= 15 is 0 Å². The van der Waals surface area contributed by atoms with Crippen molar-refractivity contribution < 1.29 is 9.59 Å². The molecular weight excluding hydrogens is 266 g/mol. The van der Waals surface area contributed by atoms with Crippen LogP contribution in [0.2, 0.25) is 0 Å². The van der Waals surface area contributed by atoms with E-state index in [0.717, 1.165) is 11.3 Å². The predicted octanol–water partition coefficient (Wildman–Crippen LogP) is 2.07. The summed E-state index contributed by atoms with van der Waals surface area (Å²) in [6.45, 7) is 9.34. The summed E-state index contributed by atoms with van der Waals surface area (Å²) >= 11 is 0. The van der Waals surface area contributed by atoms with Crippen molar-refractivity contribution in [1.82, 2.24) is 10.6 Å². The predicted molar refractivity (Wildman–Crippen MR) is 85.5 cm³/mol. The van der Waals surface area contributed by atoms with Crippen molar-refractivity contribution in [2.75, 3.05) is 12.4 Å². The van der Waals surface area contributed by atoms with Crippen LogP contribution in [-0.2, 0) is 4.79 Å². The van der Waals surface area contributed by atoms with Gasteiger partial charge in [0.05, 0.1) is 5.56 Å². The molecule has 21 heavy (non-hydrogen) atoms. The van der Waals surface area contributed by atoms with E-state index in [0.29, 0.717) is 5.56 Å². The molecule has 5 nitrogen and oxygen atoms in total. The minimum Gasteiger partial charge on any atom is -0.387 e. The Kier molecular flexibility index (Phi) is 5.35. The van der Waals surface area contributed by atoms with Crippen LogP contribution >= 0.6 is 0 Å². The lowest BCUT2D eigenvalue weighted by molar-refractivity contribution is -0.124. The first-order valence-corrected chi connectivity index (χ1v) is 7.05. The topological polar surface area (TPSA) is 70.2 Å². The fourth-order valence-corrected chi connectivity index (χ4v) is 1.88. The lowest BCUT2D eigenvalue weighted by Crippen LogP contribution is -2.50. The second kappa shape index (κ2) is 6.61. The van der Waals surface area contributed by atoms with E-state index in [4.69, 9.17) is 0 Å². The third-order valence-corrected chi connectivity index (χ3v) is 2.93. The van der Waals surface area contributed by atoms with Gasteiger partial charge in [0.2, 0.25) is 5.91 Å². The van der Waals surface area contributed by atoms with Crippen LogP contribution in [0.1, 0.15) is 43.6 Å². The summed E-state index contributed by atoms with van der Waals surface area (Å²) < 4.78 is 0. The van der Waals surface area contributed by atoms with E-state index in [9.17, 15) is 9.59 Å². The lowest BCUT2D eigenvalue weighted by atomic mass is 10.1. The van der Waals surface area contributed by atoms with Crippen molar-refractivity contribution in [1.29, 1.82) is 0 Å². The normalized spacial score (nSPS) is 12.5. The van der Waals surface area contributed by atoms with Crippen LogP contribution in [0.4, 0.5) is 5.69 Å². The van der Waals surface area contributed by atoms with Crippen LogP contribution < -0.4 is 16.0 Å². The molecule has 1 aromatic rings. The van der Waals surface area contributed by atoms with Crippen LogP contribution in [0, 0.1) is 6.92 Å². The zero-order chi connectivity index (χ0) is 16.2. The summed E-state index contributed by atoms with van der Waals surface area (Å²) in [5.74, 6) is -0.468. The van der Waals surface area contributed by atoms with Crippen molar-refractivity contribution in [2.45, 2.75) is 46.2 Å². The summed E-state index contributed by atoms with van der Waals surface area (Å²) in [5.41, 5.74) is 2.01. The van der Waals surface area contributed by atoms with Crippen LogP contribution in [0.5, 0.6) is 0 Å². The molecule has 0 aliphatic rings. The van der Waals surface area contributed by atoms with Gasteiger partial charge in [-0.2, -0.15) is 0 Å². The molecule has 0 spiro atoms. The molecule has 116 valence electrons. The number of carbonyl (C=O) groups is 2. The highest BCUT2D eigenvalue weighted by Crippen LogP contribution is 2.17. The van der Waals surface area contributed by atoms with E-state index in [1.54, 1.807) is 20.0 Å². The first kappa shape index (κ1) is 17.0. The minimum absolute atomic E-state index is 0.200. The van der Waals surface area contributed by atoms with Crippen molar-refractivity contribution in [3.63, 3.8) is 0 Å². The molecule has 1 aromatic carbocycles. The van der Waals surface area contributed by atoms with E-state index in [2.05, 4.69) is 16.0 Å². The number of rotatable bonds is 4. The van der Waals surface area contributed by atoms with Crippen molar-refractivity contribution >= 4 is 17.5 Å². The van der Waals surface area contributed by atoms with Gasteiger partial charge in [0, 0.05) is 18.3 Å². The molecule has 0 aromatic heterocycles. The van der Waals surface area contributed by atoms with Crippen molar-refractivity contribution in [3.05, 3.63) is 29.3 Å². The highest BCUT2D eigenvalue weighted by atomic mass is 16.2. The van der Waals surface area contributed by atoms with Crippen molar-refractivity contribution in [2.24, 2.45) is 0 Å². The molecule has 0 heterocycles. The molecule has 1 unspecified atom stereocenters. The smallest absolute Gasteiger partial charge is 0.254 e. The second-order valence-corrected chi connectivity index (χ2v) is 6.23. The van der Waals surface area contributed by atoms with E-state index in [-0.39, 0.29) is 17.4 Å². The summed E-state index contributed by atoms with van der Waals surface area (Å²) in [6.07, 6.45) is 0. The van der Waals surface area contributed by atoms with Gasteiger partial charge < -0.3 is 16.0 Å². The highest BCUT2D eigenvalue weighted by Gasteiger charge is 2.22. The Morgan fingerprint density at radius 2 is 1.81 bits per heavy atom. The molecule has 0 aliphatic heterocycles.